The number of rotatable bonds is 9. The molecule has 2 aromatic carbocycles. The van der Waals surface area contributed by atoms with E-state index in [9.17, 15) is 9.59 Å². The SMILES string of the molecule is CCN(CC)C(=O)c1ccc(NC(=S)NC(=O)CCCOc2ccc(Cl)cc2Cl)cc1. The Hall–Kier alpha value is -2.35. The van der Waals surface area contributed by atoms with Gasteiger partial charge in [0.2, 0.25) is 5.91 Å². The highest BCUT2D eigenvalue weighted by molar-refractivity contribution is 7.80. The average Bonchev–Trinajstić information content (AvgIpc) is 2.73. The quantitative estimate of drug-likeness (QED) is 0.382. The minimum atomic E-state index is -0.225. The third-order valence-corrected chi connectivity index (χ3v) is 5.13. The van der Waals surface area contributed by atoms with Crippen LogP contribution in [0, 0.1) is 0 Å². The van der Waals surface area contributed by atoms with E-state index in [1.807, 2.05) is 13.8 Å². The van der Waals surface area contributed by atoms with Crippen LogP contribution in [-0.4, -0.2) is 41.5 Å². The van der Waals surface area contributed by atoms with Crippen LogP contribution in [0.5, 0.6) is 5.75 Å². The van der Waals surface area contributed by atoms with Gasteiger partial charge < -0.3 is 20.3 Å². The predicted octanol–water partition coefficient (Wildman–Crippen LogP) is 5.15. The Kier molecular flexibility index (Phi) is 10.0. The zero-order valence-corrected chi connectivity index (χ0v) is 19.7. The lowest BCUT2D eigenvalue weighted by molar-refractivity contribution is -0.119. The molecule has 166 valence electrons. The number of benzene rings is 2. The Labute approximate surface area is 197 Å². The topological polar surface area (TPSA) is 70.7 Å². The Morgan fingerprint density at radius 1 is 1.06 bits per heavy atom. The molecule has 2 rings (SSSR count). The Morgan fingerprint density at radius 2 is 1.74 bits per heavy atom. The molecule has 0 atom stereocenters. The fourth-order valence-electron chi connectivity index (χ4n) is 2.75. The number of amides is 2. The zero-order valence-electron chi connectivity index (χ0n) is 17.4. The van der Waals surface area contributed by atoms with E-state index in [1.54, 1.807) is 47.4 Å². The van der Waals surface area contributed by atoms with Crippen LogP contribution in [0.25, 0.3) is 0 Å². The summed E-state index contributed by atoms with van der Waals surface area (Å²) in [5.74, 6) is 0.276. The molecule has 31 heavy (non-hydrogen) atoms. The van der Waals surface area contributed by atoms with E-state index in [4.69, 9.17) is 40.2 Å². The molecule has 0 aliphatic heterocycles. The van der Waals surface area contributed by atoms with E-state index in [-0.39, 0.29) is 23.3 Å². The van der Waals surface area contributed by atoms with Crippen molar-refractivity contribution in [1.29, 1.82) is 0 Å². The van der Waals surface area contributed by atoms with Crippen LogP contribution in [0.1, 0.15) is 37.0 Å². The first kappa shape index (κ1) is 24.9. The molecule has 0 bridgehead atoms. The first-order chi connectivity index (χ1) is 14.8. The lowest BCUT2D eigenvalue weighted by Crippen LogP contribution is -2.34. The van der Waals surface area contributed by atoms with Gasteiger partial charge in [0.15, 0.2) is 5.11 Å². The number of carbonyl (C=O) groups is 2. The normalized spacial score (nSPS) is 10.3. The van der Waals surface area contributed by atoms with E-state index >= 15 is 0 Å². The highest BCUT2D eigenvalue weighted by atomic mass is 35.5. The van der Waals surface area contributed by atoms with Crippen LogP contribution in [0.4, 0.5) is 5.69 Å². The summed E-state index contributed by atoms with van der Waals surface area (Å²) in [5.41, 5.74) is 1.28. The van der Waals surface area contributed by atoms with Gasteiger partial charge in [-0.3, -0.25) is 9.59 Å². The summed E-state index contributed by atoms with van der Waals surface area (Å²) in [6, 6.07) is 11.9. The number of carbonyl (C=O) groups excluding carboxylic acids is 2. The van der Waals surface area contributed by atoms with Gasteiger partial charge in [-0.1, -0.05) is 23.2 Å². The highest BCUT2D eigenvalue weighted by Gasteiger charge is 2.12. The van der Waals surface area contributed by atoms with Crippen molar-refractivity contribution < 1.29 is 14.3 Å². The molecule has 9 heteroatoms. The molecule has 0 radical (unpaired) electrons. The lowest BCUT2D eigenvalue weighted by Gasteiger charge is -2.18. The van der Waals surface area contributed by atoms with Gasteiger partial charge in [-0.2, -0.15) is 0 Å². The van der Waals surface area contributed by atoms with Crippen LogP contribution in [-0.2, 0) is 4.79 Å². The number of ether oxygens (including phenoxy) is 1. The molecule has 2 aromatic rings. The Bertz CT molecular complexity index is 919. The average molecular weight is 482 g/mol. The van der Waals surface area contributed by atoms with Crippen molar-refractivity contribution in [2.75, 3.05) is 25.0 Å². The maximum absolute atomic E-state index is 12.3. The molecule has 6 nitrogen and oxygen atoms in total. The second-order valence-corrected chi connectivity index (χ2v) is 7.84. The molecule has 0 saturated heterocycles. The van der Waals surface area contributed by atoms with E-state index in [1.165, 1.54) is 0 Å². The summed E-state index contributed by atoms with van der Waals surface area (Å²) in [4.78, 5) is 26.1. The number of hydrogen-bond donors (Lipinski definition) is 2. The van der Waals surface area contributed by atoms with Crippen LogP contribution in [0.3, 0.4) is 0 Å². The lowest BCUT2D eigenvalue weighted by atomic mass is 10.2. The summed E-state index contributed by atoms with van der Waals surface area (Å²) >= 11 is 17.1. The minimum absolute atomic E-state index is 0.0189. The van der Waals surface area contributed by atoms with Crippen molar-refractivity contribution >= 4 is 58.0 Å². The van der Waals surface area contributed by atoms with Crippen LogP contribution in [0.2, 0.25) is 10.0 Å². The number of hydrogen-bond acceptors (Lipinski definition) is 4. The Balaban J connectivity index is 1.74. The molecule has 0 aliphatic rings. The predicted molar refractivity (Wildman–Crippen MR) is 129 cm³/mol. The molecule has 2 amide bonds. The fraction of sp³-hybridized carbons (Fsp3) is 0.318. The van der Waals surface area contributed by atoms with E-state index in [0.717, 1.165) is 0 Å². The van der Waals surface area contributed by atoms with Crippen molar-refractivity contribution in [2.24, 2.45) is 0 Å². The summed E-state index contributed by atoms with van der Waals surface area (Å²) in [6.45, 7) is 5.53. The van der Waals surface area contributed by atoms with Gasteiger partial charge in [-0.25, -0.2) is 0 Å². The highest BCUT2D eigenvalue weighted by Crippen LogP contribution is 2.27. The standard InChI is InChI=1S/C22H25Cl2N3O3S/c1-3-27(4-2)21(29)15-7-10-17(11-8-15)25-22(31)26-20(28)6-5-13-30-19-12-9-16(23)14-18(19)24/h7-12,14H,3-6,13H2,1-2H3,(H2,25,26,28,31). The third kappa shape index (κ3) is 8.01. The molecule has 0 aliphatic carbocycles. The van der Waals surface area contributed by atoms with Gasteiger partial charge in [0.05, 0.1) is 11.6 Å². The molecular weight excluding hydrogens is 457 g/mol. The molecule has 0 spiro atoms. The zero-order chi connectivity index (χ0) is 22.8. The first-order valence-electron chi connectivity index (χ1n) is 9.92. The largest absolute Gasteiger partial charge is 0.492 e. The fourth-order valence-corrected chi connectivity index (χ4v) is 3.44. The summed E-state index contributed by atoms with van der Waals surface area (Å²) < 4.78 is 5.56. The monoisotopic (exact) mass is 481 g/mol. The van der Waals surface area contributed by atoms with Crippen LogP contribution < -0.4 is 15.4 Å². The number of anilines is 1. The second kappa shape index (κ2) is 12.5. The summed E-state index contributed by atoms with van der Waals surface area (Å²) in [5, 5.41) is 6.71. The minimum Gasteiger partial charge on any atom is -0.492 e. The molecule has 0 aromatic heterocycles. The van der Waals surface area contributed by atoms with Gasteiger partial charge in [-0.15, -0.1) is 0 Å². The number of nitrogens with zero attached hydrogens (tertiary/aromatic N) is 1. The van der Waals surface area contributed by atoms with Crippen molar-refractivity contribution in [3.63, 3.8) is 0 Å². The van der Waals surface area contributed by atoms with Gasteiger partial charge >= 0.3 is 0 Å². The van der Waals surface area contributed by atoms with Crippen molar-refractivity contribution in [2.45, 2.75) is 26.7 Å². The van der Waals surface area contributed by atoms with E-state index in [2.05, 4.69) is 10.6 Å². The van der Waals surface area contributed by atoms with Gasteiger partial charge in [0.1, 0.15) is 5.75 Å². The molecule has 0 saturated carbocycles. The second-order valence-electron chi connectivity index (χ2n) is 6.58. The smallest absolute Gasteiger partial charge is 0.253 e. The third-order valence-electron chi connectivity index (χ3n) is 4.39. The van der Waals surface area contributed by atoms with Crippen molar-refractivity contribution in [1.82, 2.24) is 10.2 Å². The van der Waals surface area contributed by atoms with Crippen LogP contribution >= 0.6 is 35.4 Å². The van der Waals surface area contributed by atoms with Crippen molar-refractivity contribution in [3.8, 4) is 5.75 Å². The van der Waals surface area contributed by atoms with Gasteiger partial charge in [-0.05, 0) is 75.0 Å². The Morgan fingerprint density at radius 3 is 2.35 bits per heavy atom. The summed E-state index contributed by atoms with van der Waals surface area (Å²) in [7, 11) is 0. The molecule has 0 fully saturated rings. The molecular formula is C22H25Cl2N3O3S. The number of thiocarbonyl (C=S) groups is 1. The molecule has 2 N–H and O–H groups in total. The molecule has 0 unspecified atom stereocenters. The number of halogens is 2. The number of nitrogens with one attached hydrogen (secondary N) is 2. The van der Waals surface area contributed by atoms with E-state index < -0.39 is 0 Å². The van der Waals surface area contributed by atoms with Gasteiger partial charge in [0.25, 0.3) is 5.91 Å². The molecule has 0 heterocycles. The van der Waals surface area contributed by atoms with Crippen LogP contribution in [0.15, 0.2) is 42.5 Å². The van der Waals surface area contributed by atoms with Crippen molar-refractivity contribution in [3.05, 3.63) is 58.1 Å². The maximum atomic E-state index is 12.3. The maximum Gasteiger partial charge on any atom is 0.253 e. The van der Waals surface area contributed by atoms with E-state index in [0.29, 0.717) is 53.2 Å². The first-order valence-corrected chi connectivity index (χ1v) is 11.1. The van der Waals surface area contributed by atoms with Gasteiger partial charge in [0, 0.05) is 35.8 Å². The summed E-state index contributed by atoms with van der Waals surface area (Å²) in [6.07, 6.45) is 0.736.